The van der Waals surface area contributed by atoms with Crippen LogP contribution >= 0.6 is 27.5 Å². The van der Waals surface area contributed by atoms with E-state index in [2.05, 4.69) is 29.8 Å². The highest BCUT2D eigenvalue weighted by molar-refractivity contribution is 9.10. The standard InChI is InChI=1S/C15H19BrClNO/c1-15(2)6-3-8-18(9-7-15)14(19)11-4-5-12(16)13(17)10-11/h4-5,10H,3,6-9H2,1-2H3. The van der Waals surface area contributed by atoms with E-state index in [1.807, 2.05) is 17.0 Å². The number of carbonyl (C=O) groups excluding carboxylic acids is 1. The quantitative estimate of drug-likeness (QED) is 0.719. The first-order valence-electron chi connectivity index (χ1n) is 6.63. The fourth-order valence-electron chi connectivity index (χ4n) is 2.44. The molecule has 1 heterocycles. The van der Waals surface area contributed by atoms with Crippen LogP contribution in [0.1, 0.15) is 43.5 Å². The molecule has 4 heteroatoms. The first-order valence-corrected chi connectivity index (χ1v) is 7.80. The predicted molar refractivity (Wildman–Crippen MR) is 82.7 cm³/mol. The first kappa shape index (κ1) is 14.9. The molecule has 0 unspecified atom stereocenters. The lowest BCUT2D eigenvalue weighted by Crippen LogP contribution is -2.32. The van der Waals surface area contributed by atoms with E-state index >= 15 is 0 Å². The van der Waals surface area contributed by atoms with Crippen molar-refractivity contribution in [3.8, 4) is 0 Å². The molecule has 1 fully saturated rings. The van der Waals surface area contributed by atoms with Crippen molar-refractivity contribution in [2.24, 2.45) is 5.41 Å². The molecule has 2 nitrogen and oxygen atoms in total. The Morgan fingerprint density at radius 1 is 1.32 bits per heavy atom. The maximum atomic E-state index is 12.5. The topological polar surface area (TPSA) is 20.3 Å². The average Bonchev–Trinajstić information content (AvgIpc) is 2.53. The number of amides is 1. The normalized spacial score (nSPS) is 19.1. The summed E-state index contributed by atoms with van der Waals surface area (Å²) in [6, 6.07) is 5.40. The van der Waals surface area contributed by atoms with Gasteiger partial charge in [0.25, 0.3) is 5.91 Å². The summed E-state index contributed by atoms with van der Waals surface area (Å²) < 4.78 is 0.822. The van der Waals surface area contributed by atoms with Gasteiger partial charge in [-0.2, -0.15) is 0 Å². The minimum atomic E-state index is 0.0899. The number of hydrogen-bond acceptors (Lipinski definition) is 1. The van der Waals surface area contributed by atoms with E-state index in [0.717, 1.165) is 30.4 Å². The van der Waals surface area contributed by atoms with E-state index in [0.29, 0.717) is 16.0 Å². The molecule has 0 N–H and O–H groups in total. The van der Waals surface area contributed by atoms with Crippen molar-refractivity contribution in [2.45, 2.75) is 33.1 Å². The van der Waals surface area contributed by atoms with E-state index in [4.69, 9.17) is 11.6 Å². The summed E-state index contributed by atoms with van der Waals surface area (Å²) in [6.07, 6.45) is 3.31. The van der Waals surface area contributed by atoms with Gasteiger partial charge in [-0.25, -0.2) is 0 Å². The zero-order valence-electron chi connectivity index (χ0n) is 11.4. The summed E-state index contributed by atoms with van der Waals surface area (Å²) in [5.74, 6) is 0.0899. The van der Waals surface area contributed by atoms with Gasteiger partial charge in [0.1, 0.15) is 0 Å². The van der Waals surface area contributed by atoms with Gasteiger partial charge in [0.2, 0.25) is 0 Å². The lowest BCUT2D eigenvalue weighted by atomic mass is 9.85. The van der Waals surface area contributed by atoms with Gasteiger partial charge in [-0.3, -0.25) is 4.79 Å². The zero-order chi connectivity index (χ0) is 14.0. The van der Waals surface area contributed by atoms with E-state index in [9.17, 15) is 4.79 Å². The van der Waals surface area contributed by atoms with Gasteiger partial charge < -0.3 is 4.90 Å². The third-order valence-corrected chi connectivity index (χ3v) is 5.03. The number of carbonyl (C=O) groups is 1. The monoisotopic (exact) mass is 343 g/mol. The number of halogens is 2. The van der Waals surface area contributed by atoms with Crippen LogP contribution in [0, 0.1) is 5.41 Å². The highest BCUT2D eigenvalue weighted by Gasteiger charge is 2.26. The Morgan fingerprint density at radius 2 is 2.05 bits per heavy atom. The Labute approximate surface area is 128 Å². The number of likely N-dealkylation sites (tertiary alicyclic amines) is 1. The number of rotatable bonds is 1. The van der Waals surface area contributed by atoms with Gasteiger partial charge in [-0.1, -0.05) is 25.4 Å². The Kier molecular flexibility index (Phi) is 4.57. The van der Waals surface area contributed by atoms with Crippen LogP contribution in [0.3, 0.4) is 0 Å². The molecule has 1 aromatic carbocycles. The second-order valence-corrected chi connectivity index (χ2v) is 7.20. The van der Waals surface area contributed by atoms with Crippen molar-refractivity contribution < 1.29 is 4.79 Å². The highest BCUT2D eigenvalue weighted by atomic mass is 79.9. The van der Waals surface area contributed by atoms with Crippen molar-refractivity contribution in [2.75, 3.05) is 13.1 Å². The van der Waals surface area contributed by atoms with Crippen LogP contribution in [0.2, 0.25) is 5.02 Å². The summed E-state index contributed by atoms with van der Waals surface area (Å²) in [7, 11) is 0. The molecule has 1 saturated heterocycles. The maximum Gasteiger partial charge on any atom is 0.253 e. The van der Waals surface area contributed by atoms with E-state index in [-0.39, 0.29) is 5.91 Å². The number of nitrogens with zero attached hydrogens (tertiary/aromatic N) is 1. The van der Waals surface area contributed by atoms with Gasteiger partial charge in [0, 0.05) is 23.1 Å². The van der Waals surface area contributed by atoms with Crippen LogP contribution < -0.4 is 0 Å². The SMILES string of the molecule is CC1(C)CCCN(C(=O)c2ccc(Br)c(Cl)c2)CC1. The van der Waals surface area contributed by atoms with Crippen molar-refractivity contribution in [3.05, 3.63) is 33.3 Å². The molecular weight excluding hydrogens is 326 g/mol. The fourth-order valence-corrected chi connectivity index (χ4v) is 2.86. The fraction of sp³-hybridized carbons (Fsp3) is 0.533. The third kappa shape index (κ3) is 3.73. The van der Waals surface area contributed by atoms with Crippen LogP contribution in [0.15, 0.2) is 22.7 Å². The third-order valence-electron chi connectivity index (χ3n) is 3.79. The summed E-state index contributed by atoms with van der Waals surface area (Å²) in [4.78, 5) is 14.4. The Morgan fingerprint density at radius 3 is 2.74 bits per heavy atom. The van der Waals surface area contributed by atoms with E-state index in [1.165, 1.54) is 6.42 Å². The predicted octanol–water partition coefficient (Wildman–Crippen LogP) is 4.75. The molecule has 104 valence electrons. The van der Waals surface area contributed by atoms with Crippen molar-refractivity contribution in [1.29, 1.82) is 0 Å². The zero-order valence-corrected chi connectivity index (χ0v) is 13.7. The van der Waals surface area contributed by atoms with Crippen LogP contribution in [-0.2, 0) is 0 Å². The number of hydrogen-bond donors (Lipinski definition) is 0. The summed E-state index contributed by atoms with van der Waals surface area (Å²) in [5, 5.41) is 0.584. The van der Waals surface area contributed by atoms with Crippen LogP contribution in [0.25, 0.3) is 0 Å². The Hall–Kier alpha value is -0.540. The van der Waals surface area contributed by atoms with E-state index < -0.39 is 0 Å². The molecule has 2 rings (SSSR count). The molecule has 1 aliphatic rings. The largest absolute Gasteiger partial charge is 0.339 e. The lowest BCUT2D eigenvalue weighted by molar-refractivity contribution is 0.0757. The van der Waals surface area contributed by atoms with Gasteiger partial charge in [-0.05, 0) is 58.8 Å². The molecule has 1 aliphatic heterocycles. The van der Waals surface area contributed by atoms with E-state index in [1.54, 1.807) is 6.07 Å². The average molecular weight is 345 g/mol. The molecule has 0 aromatic heterocycles. The molecule has 0 bridgehead atoms. The number of benzene rings is 1. The van der Waals surface area contributed by atoms with Gasteiger partial charge >= 0.3 is 0 Å². The van der Waals surface area contributed by atoms with Crippen molar-refractivity contribution in [1.82, 2.24) is 4.90 Å². The second-order valence-electron chi connectivity index (χ2n) is 5.94. The van der Waals surface area contributed by atoms with Crippen LogP contribution in [0.5, 0.6) is 0 Å². The molecule has 0 radical (unpaired) electrons. The molecule has 0 saturated carbocycles. The molecule has 0 aliphatic carbocycles. The minimum absolute atomic E-state index is 0.0899. The second kappa shape index (κ2) is 5.84. The Bertz CT molecular complexity index is 487. The van der Waals surface area contributed by atoms with Crippen molar-refractivity contribution >= 4 is 33.4 Å². The smallest absolute Gasteiger partial charge is 0.253 e. The van der Waals surface area contributed by atoms with Gasteiger partial charge in [0.15, 0.2) is 0 Å². The summed E-state index contributed by atoms with van der Waals surface area (Å²) in [5.41, 5.74) is 1.01. The van der Waals surface area contributed by atoms with Crippen molar-refractivity contribution in [3.63, 3.8) is 0 Å². The molecular formula is C15H19BrClNO. The lowest BCUT2D eigenvalue weighted by Gasteiger charge is -2.23. The highest BCUT2D eigenvalue weighted by Crippen LogP contribution is 2.30. The van der Waals surface area contributed by atoms with Crippen LogP contribution in [-0.4, -0.2) is 23.9 Å². The maximum absolute atomic E-state index is 12.5. The molecule has 19 heavy (non-hydrogen) atoms. The molecule has 1 aromatic rings. The molecule has 0 atom stereocenters. The first-order chi connectivity index (χ1) is 8.89. The Balaban J connectivity index is 2.13. The molecule has 0 spiro atoms. The minimum Gasteiger partial charge on any atom is -0.339 e. The van der Waals surface area contributed by atoms with Gasteiger partial charge in [0.05, 0.1) is 5.02 Å². The van der Waals surface area contributed by atoms with Gasteiger partial charge in [-0.15, -0.1) is 0 Å². The summed E-state index contributed by atoms with van der Waals surface area (Å²) in [6.45, 7) is 6.23. The molecule has 1 amide bonds. The van der Waals surface area contributed by atoms with Crippen LogP contribution in [0.4, 0.5) is 0 Å². The summed E-state index contributed by atoms with van der Waals surface area (Å²) >= 11 is 9.40.